The first-order valence-corrected chi connectivity index (χ1v) is 7.22. The predicted molar refractivity (Wildman–Crippen MR) is 70.8 cm³/mol. The van der Waals surface area contributed by atoms with Gasteiger partial charge in [-0.05, 0) is 38.8 Å². The molecule has 0 spiro atoms. The molecule has 3 heteroatoms. The highest BCUT2D eigenvalue weighted by molar-refractivity contribution is 9.09. The van der Waals surface area contributed by atoms with Crippen LogP contribution in [-0.2, 0) is 4.74 Å². The fraction of sp³-hybridized carbons (Fsp3) is 1.00. The second kappa shape index (κ2) is 10.9. The molecule has 0 saturated carbocycles. The number of nitrogens with zero attached hydrogens (tertiary/aromatic N) is 1. The van der Waals surface area contributed by atoms with E-state index < -0.39 is 0 Å². The van der Waals surface area contributed by atoms with Crippen molar-refractivity contribution >= 4 is 15.9 Å². The van der Waals surface area contributed by atoms with E-state index in [1.807, 2.05) is 6.92 Å². The molecule has 0 N–H and O–H groups in total. The van der Waals surface area contributed by atoms with Crippen LogP contribution >= 0.6 is 15.9 Å². The van der Waals surface area contributed by atoms with Crippen LogP contribution in [0, 0.1) is 5.92 Å². The first-order valence-electron chi connectivity index (χ1n) is 6.10. The molecule has 0 rings (SSSR count). The third-order valence-electron chi connectivity index (χ3n) is 2.74. The summed E-state index contributed by atoms with van der Waals surface area (Å²) in [6.07, 6.45) is 2.58. The summed E-state index contributed by atoms with van der Waals surface area (Å²) >= 11 is 3.49. The van der Waals surface area contributed by atoms with E-state index in [0.29, 0.717) is 0 Å². The summed E-state index contributed by atoms with van der Waals surface area (Å²) in [7, 11) is 0. The number of rotatable bonds is 10. The largest absolute Gasteiger partial charge is 0.380 e. The average molecular weight is 280 g/mol. The van der Waals surface area contributed by atoms with Gasteiger partial charge in [-0.15, -0.1) is 0 Å². The Bertz CT molecular complexity index is 133. The van der Waals surface area contributed by atoms with Crippen LogP contribution in [0.2, 0.25) is 0 Å². The van der Waals surface area contributed by atoms with Crippen LogP contribution in [0.5, 0.6) is 0 Å². The molecule has 1 atom stereocenters. The monoisotopic (exact) mass is 279 g/mol. The molecule has 2 nitrogen and oxygen atoms in total. The Balaban J connectivity index is 3.51. The Morgan fingerprint density at radius 2 is 1.93 bits per heavy atom. The van der Waals surface area contributed by atoms with Crippen LogP contribution in [-0.4, -0.2) is 43.1 Å². The minimum Gasteiger partial charge on any atom is -0.380 e. The van der Waals surface area contributed by atoms with E-state index in [2.05, 4.69) is 34.7 Å². The van der Waals surface area contributed by atoms with Crippen molar-refractivity contribution in [3.8, 4) is 0 Å². The molecule has 0 saturated heterocycles. The predicted octanol–water partition coefficient (Wildman–Crippen LogP) is 3.16. The van der Waals surface area contributed by atoms with E-state index in [1.54, 1.807) is 0 Å². The van der Waals surface area contributed by atoms with Crippen LogP contribution in [0.4, 0.5) is 0 Å². The van der Waals surface area contributed by atoms with Gasteiger partial charge in [0.1, 0.15) is 0 Å². The van der Waals surface area contributed by atoms with Crippen LogP contribution in [0.3, 0.4) is 0 Å². The quantitative estimate of drug-likeness (QED) is 0.450. The maximum Gasteiger partial charge on any atom is 0.0593 e. The second-order valence-corrected chi connectivity index (χ2v) is 4.80. The smallest absolute Gasteiger partial charge is 0.0593 e. The van der Waals surface area contributed by atoms with Crippen molar-refractivity contribution in [3.63, 3.8) is 0 Å². The zero-order chi connectivity index (χ0) is 11.5. The van der Waals surface area contributed by atoms with Gasteiger partial charge in [0.25, 0.3) is 0 Å². The van der Waals surface area contributed by atoms with Gasteiger partial charge in [-0.2, -0.15) is 0 Å². The standard InChI is InChI=1S/C12H26BrNO/c1-4-14(10-11-15-5-2)9-7-12(3)6-8-13/h12H,4-11H2,1-3H3. The van der Waals surface area contributed by atoms with Crippen molar-refractivity contribution in [3.05, 3.63) is 0 Å². The van der Waals surface area contributed by atoms with Gasteiger partial charge in [0, 0.05) is 18.5 Å². The first kappa shape index (κ1) is 15.4. The van der Waals surface area contributed by atoms with Gasteiger partial charge in [-0.3, -0.25) is 0 Å². The number of hydrogen-bond acceptors (Lipinski definition) is 2. The van der Waals surface area contributed by atoms with Crippen molar-refractivity contribution < 1.29 is 4.74 Å². The highest BCUT2D eigenvalue weighted by Gasteiger charge is 2.05. The molecule has 0 amide bonds. The summed E-state index contributed by atoms with van der Waals surface area (Å²) in [5.74, 6) is 0.825. The summed E-state index contributed by atoms with van der Waals surface area (Å²) in [6, 6.07) is 0. The van der Waals surface area contributed by atoms with E-state index in [0.717, 1.165) is 37.6 Å². The van der Waals surface area contributed by atoms with E-state index in [-0.39, 0.29) is 0 Å². The zero-order valence-corrected chi connectivity index (χ0v) is 12.1. The molecule has 0 heterocycles. The highest BCUT2D eigenvalue weighted by atomic mass is 79.9. The third-order valence-corrected chi connectivity index (χ3v) is 3.20. The number of alkyl halides is 1. The van der Waals surface area contributed by atoms with Gasteiger partial charge in [0.05, 0.1) is 6.61 Å². The van der Waals surface area contributed by atoms with Gasteiger partial charge >= 0.3 is 0 Å². The molecule has 0 bridgehead atoms. The maximum absolute atomic E-state index is 5.37. The summed E-state index contributed by atoms with van der Waals surface area (Å²) in [6.45, 7) is 11.7. The molecule has 92 valence electrons. The number of hydrogen-bond donors (Lipinski definition) is 0. The van der Waals surface area contributed by atoms with E-state index in [9.17, 15) is 0 Å². The Morgan fingerprint density at radius 1 is 1.20 bits per heavy atom. The lowest BCUT2D eigenvalue weighted by atomic mass is 10.1. The molecule has 15 heavy (non-hydrogen) atoms. The highest BCUT2D eigenvalue weighted by Crippen LogP contribution is 2.09. The lowest BCUT2D eigenvalue weighted by Crippen LogP contribution is -2.29. The average Bonchev–Trinajstić information content (AvgIpc) is 2.23. The molecule has 0 fully saturated rings. The van der Waals surface area contributed by atoms with Crippen LogP contribution in [0.25, 0.3) is 0 Å². The lowest BCUT2D eigenvalue weighted by molar-refractivity contribution is 0.113. The minimum absolute atomic E-state index is 0.825. The van der Waals surface area contributed by atoms with Gasteiger partial charge < -0.3 is 9.64 Å². The summed E-state index contributed by atoms with van der Waals surface area (Å²) < 4.78 is 5.37. The van der Waals surface area contributed by atoms with E-state index in [1.165, 1.54) is 19.4 Å². The molecule has 0 radical (unpaired) electrons. The van der Waals surface area contributed by atoms with Crippen molar-refractivity contribution in [2.45, 2.75) is 33.6 Å². The Kier molecular flexibility index (Phi) is 11.2. The van der Waals surface area contributed by atoms with E-state index in [4.69, 9.17) is 4.74 Å². The topological polar surface area (TPSA) is 12.5 Å². The van der Waals surface area contributed by atoms with Crippen LogP contribution in [0.15, 0.2) is 0 Å². The molecular weight excluding hydrogens is 254 g/mol. The summed E-state index contributed by atoms with van der Waals surface area (Å²) in [5, 5.41) is 1.12. The molecule has 0 aromatic heterocycles. The van der Waals surface area contributed by atoms with Crippen molar-refractivity contribution in [1.29, 1.82) is 0 Å². The normalized spacial score (nSPS) is 13.4. The van der Waals surface area contributed by atoms with Crippen molar-refractivity contribution in [2.75, 3.05) is 38.2 Å². The van der Waals surface area contributed by atoms with Gasteiger partial charge in [-0.25, -0.2) is 0 Å². The summed E-state index contributed by atoms with van der Waals surface area (Å²) in [4.78, 5) is 2.47. The zero-order valence-electron chi connectivity index (χ0n) is 10.5. The lowest BCUT2D eigenvalue weighted by Gasteiger charge is -2.21. The van der Waals surface area contributed by atoms with Crippen molar-refractivity contribution in [2.24, 2.45) is 5.92 Å². The van der Waals surface area contributed by atoms with Gasteiger partial charge in [-0.1, -0.05) is 29.8 Å². The molecule has 0 aromatic carbocycles. The van der Waals surface area contributed by atoms with Gasteiger partial charge in [0.15, 0.2) is 0 Å². The number of likely N-dealkylation sites (N-methyl/N-ethyl adjacent to an activating group) is 1. The number of halogens is 1. The Hall–Kier alpha value is 0.400. The molecule has 0 aliphatic heterocycles. The maximum atomic E-state index is 5.37. The van der Waals surface area contributed by atoms with Crippen molar-refractivity contribution in [1.82, 2.24) is 4.90 Å². The molecule has 1 unspecified atom stereocenters. The Labute approximate surface area is 103 Å². The van der Waals surface area contributed by atoms with Gasteiger partial charge in [0.2, 0.25) is 0 Å². The molecule has 0 aliphatic carbocycles. The fourth-order valence-electron chi connectivity index (χ4n) is 1.50. The van der Waals surface area contributed by atoms with Crippen LogP contribution in [0.1, 0.15) is 33.6 Å². The molecule has 0 aromatic rings. The third kappa shape index (κ3) is 9.34. The summed E-state index contributed by atoms with van der Waals surface area (Å²) in [5.41, 5.74) is 0. The second-order valence-electron chi connectivity index (χ2n) is 4.00. The fourth-order valence-corrected chi connectivity index (χ4v) is 2.28. The SMILES string of the molecule is CCOCCN(CC)CCC(C)CCBr. The van der Waals surface area contributed by atoms with E-state index >= 15 is 0 Å². The molecular formula is C12H26BrNO. The molecule has 0 aliphatic rings. The van der Waals surface area contributed by atoms with Crippen LogP contribution < -0.4 is 0 Å². The Morgan fingerprint density at radius 3 is 2.47 bits per heavy atom. The first-order chi connectivity index (χ1) is 7.24. The minimum atomic E-state index is 0.825. The number of ether oxygens (including phenoxy) is 1.